The molecule has 0 bridgehead atoms. The van der Waals surface area contributed by atoms with E-state index in [1.165, 1.54) is 10.9 Å². The van der Waals surface area contributed by atoms with Crippen LogP contribution in [-0.2, 0) is 23.1 Å². The van der Waals surface area contributed by atoms with E-state index in [9.17, 15) is 13.2 Å². The van der Waals surface area contributed by atoms with Crippen molar-refractivity contribution in [2.45, 2.75) is 24.9 Å². The van der Waals surface area contributed by atoms with E-state index in [-0.39, 0.29) is 5.91 Å². The molecule has 8 heteroatoms. The van der Waals surface area contributed by atoms with Gasteiger partial charge >= 0.3 is 0 Å². The molecule has 1 amide bonds. The number of amides is 1. The Balaban J connectivity index is 1.08. The summed E-state index contributed by atoms with van der Waals surface area (Å²) >= 11 is 0. The second-order valence-electron chi connectivity index (χ2n) is 10.1. The fraction of sp³-hybridized carbons (Fsp3) is 0.219. The SMILES string of the molecule is CCn1c2ccccc2c2cc(NC(=O)c3ccc(CN4CCN(S(=O)(=O)c5ccccc5)CC4)cc3)ccc21. The van der Waals surface area contributed by atoms with Crippen LogP contribution in [0, 0.1) is 0 Å². The van der Waals surface area contributed by atoms with Crippen LogP contribution in [0.15, 0.2) is 102 Å². The molecule has 0 saturated carbocycles. The Morgan fingerprint density at radius 3 is 2.17 bits per heavy atom. The van der Waals surface area contributed by atoms with E-state index in [1.807, 2.05) is 48.5 Å². The van der Waals surface area contributed by atoms with Crippen molar-refractivity contribution in [3.63, 3.8) is 0 Å². The molecule has 1 aromatic heterocycles. The predicted octanol–water partition coefficient (Wildman–Crippen LogP) is 5.57. The van der Waals surface area contributed by atoms with E-state index in [1.54, 1.807) is 28.6 Å². The summed E-state index contributed by atoms with van der Waals surface area (Å²) in [4.78, 5) is 15.6. The Labute approximate surface area is 234 Å². The lowest BCUT2D eigenvalue weighted by Gasteiger charge is -2.34. The summed E-state index contributed by atoms with van der Waals surface area (Å²) in [6.45, 7) is 5.96. The number of anilines is 1. The molecule has 6 rings (SSSR count). The largest absolute Gasteiger partial charge is 0.341 e. The monoisotopic (exact) mass is 552 g/mol. The number of fused-ring (bicyclic) bond motifs is 3. The van der Waals surface area contributed by atoms with Gasteiger partial charge in [-0.3, -0.25) is 9.69 Å². The summed E-state index contributed by atoms with van der Waals surface area (Å²) < 4.78 is 29.6. The normalized spacial score (nSPS) is 15.0. The van der Waals surface area contributed by atoms with E-state index in [4.69, 9.17) is 0 Å². The maximum Gasteiger partial charge on any atom is 0.255 e. The van der Waals surface area contributed by atoms with Crippen LogP contribution < -0.4 is 5.32 Å². The zero-order valence-electron chi connectivity index (χ0n) is 22.5. The molecule has 40 heavy (non-hydrogen) atoms. The van der Waals surface area contributed by atoms with Crippen molar-refractivity contribution in [3.8, 4) is 0 Å². The van der Waals surface area contributed by atoms with Crippen LogP contribution >= 0.6 is 0 Å². The van der Waals surface area contributed by atoms with Crippen molar-refractivity contribution in [3.05, 3.63) is 108 Å². The molecule has 0 radical (unpaired) electrons. The molecule has 0 atom stereocenters. The minimum Gasteiger partial charge on any atom is -0.341 e. The maximum absolute atomic E-state index is 13.0. The zero-order chi connectivity index (χ0) is 27.7. The number of benzene rings is 4. The highest BCUT2D eigenvalue weighted by atomic mass is 32.2. The first-order valence-electron chi connectivity index (χ1n) is 13.6. The van der Waals surface area contributed by atoms with Crippen LogP contribution in [0.5, 0.6) is 0 Å². The Morgan fingerprint density at radius 2 is 1.45 bits per heavy atom. The molecule has 0 unspecified atom stereocenters. The Hall–Kier alpha value is -3.98. The molecule has 5 aromatic rings. The molecule has 1 saturated heterocycles. The number of hydrogen-bond acceptors (Lipinski definition) is 4. The van der Waals surface area contributed by atoms with Gasteiger partial charge in [0.05, 0.1) is 4.90 Å². The van der Waals surface area contributed by atoms with Gasteiger partial charge in [0.2, 0.25) is 10.0 Å². The first-order chi connectivity index (χ1) is 19.4. The van der Waals surface area contributed by atoms with Crippen molar-refractivity contribution in [2.75, 3.05) is 31.5 Å². The third kappa shape index (κ3) is 5.01. The lowest BCUT2D eigenvalue weighted by atomic mass is 10.1. The average molecular weight is 553 g/mol. The zero-order valence-corrected chi connectivity index (χ0v) is 23.3. The van der Waals surface area contributed by atoms with Crippen LogP contribution in [0.1, 0.15) is 22.8 Å². The lowest BCUT2D eigenvalue weighted by Crippen LogP contribution is -2.48. The Bertz CT molecular complexity index is 1770. The predicted molar refractivity (Wildman–Crippen MR) is 160 cm³/mol. The third-order valence-corrected chi connectivity index (χ3v) is 9.59. The molecular weight excluding hydrogens is 520 g/mol. The fourth-order valence-corrected chi connectivity index (χ4v) is 7.01. The quantitative estimate of drug-likeness (QED) is 0.286. The second kappa shape index (κ2) is 10.9. The first-order valence-corrected chi connectivity index (χ1v) is 15.1. The van der Waals surface area contributed by atoms with Gasteiger partial charge in [0.15, 0.2) is 0 Å². The van der Waals surface area contributed by atoms with Gasteiger partial charge in [0.25, 0.3) is 5.91 Å². The van der Waals surface area contributed by atoms with Gasteiger partial charge in [0.1, 0.15) is 0 Å². The van der Waals surface area contributed by atoms with Crippen LogP contribution in [-0.4, -0.2) is 54.3 Å². The molecule has 204 valence electrons. The molecule has 4 aromatic carbocycles. The van der Waals surface area contributed by atoms with Gasteiger partial charge in [-0.1, -0.05) is 48.5 Å². The van der Waals surface area contributed by atoms with Crippen molar-refractivity contribution in [1.82, 2.24) is 13.8 Å². The number of hydrogen-bond donors (Lipinski definition) is 1. The maximum atomic E-state index is 13.0. The van der Waals surface area contributed by atoms with E-state index in [0.717, 1.165) is 28.7 Å². The summed E-state index contributed by atoms with van der Waals surface area (Å²) in [5.74, 6) is -0.148. The van der Waals surface area contributed by atoms with Gasteiger partial charge in [0, 0.05) is 72.3 Å². The van der Waals surface area contributed by atoms with Gasteiger partial charge < -0.3 is 9.88 Å². The topological polar surface area (TPSA) is 74.7 Å². The molecular formula is C32H32N4O3S. The van der Waals surface area contributed by atoms with Crippen molar-refractivity contribution in [1.29, 1.82) is 0 Å². The molecule has 1 fully saturated rings. The van der Waals surface area contributed by atoms with E-state index < -0.39 is 10.0 Å². The first kappa shape index (κ1) is 26.3. The number of rotatable bonds is 7. The summed E-state index contributed by atoms with van der Waals surface area (Å²) in [5.41, 5.74) is 4.80. The highest BCUT2D eigenvalue weighted by molar-refractivity contribution is 7.89. The number of nitrogens with zero attached hydrogens (tertiary/aromatic N) is 3. The summed E-state index contributed by atoms with van der Waals surface area (Å²) in [6.07, 6.45) is 0. The van der Waals surface area contributed by atoms with Gasteiger partial charge in [-0.15, -0.1) is 0 Å². The molecule has 1 aliphatic heterocycles. The number of aromatic nitrogens is 1. The number of piperazine rings is 1. The minimum absolute atomic E-state index is 0.148. The van der Waals surface area contributed by atoms with Gasteiger partial charge in [-0.2, -0.15) is 4.31 Å². The number of carbonyl (C=O) groups excluding carboxylic acids is 1. The Morgan fingerprint density at radius 1 is 0.775 bits per heavy atom. The van der Waals surface area contributed by atoms with Crippen LogP contribution in [0.2, 0.25) is 0 Å². The number of sulfonamides is 1. The van der Waals surface area contributed by atoms with Crippen LogP contribution in [0.3, 0.4) is 0 Å². The minimum atomic E-state index is -3.46. The smallest absolute Gasteiger partial charge is 0.255 e. The number of nitrogens with one attached hydrogen (secondary N) is 1. The summed E-state index contributed by atoms with van der Waals surface area (Å²) in [5, 5.41) is 5.36. The van der Waals surface area contributed by atoms with Crippen molar-refractivity contribution < 1.29 is 13.2 Å². The summed E-state index contributed by atoms with van der Waals surface area (Å²) in [7, 11) is -3.46. The molecule has 0 spiro atoms. The molecule has 0 aliphatic carbocycles. The molecule has 1 N–H and O–H groups in total. The Kier molecular flexibility index (Phi) is 7.14. The van der Waals surface area contributed by atoms with Crippen LogP contribution in [0.4, 0.5) is 5.69 Å². The summed E-state index contributed by atoms with van der Waals surface area (Å²) in [6, 6.07) is 30.7. The number of aryl methyl sites for hydroxylation is 1. The highest BCUT2D eigenvalue weighted by Gasteiger charge is 2.28. The van der Waals surface area contributed by atoms with Gasteiger partial charge in [-0.25, -0.2) is 8.42 Å². The molecule has 2 heterocycles. The van der Waals surface area contributed by atoms with E-state index >= 15 is 0 Å². The van der Waals surface area contributed by atoms with Gasteiger partial charge in [-0.05, 0) is 61.0 Å². The lowest BCUT2D eigenvalue weighted by molar-refractivity contribution is 0.102. The van der Waals surface area contributed by atoms with Crippen molar-refractivity contribution in [2.24, 2.45) is 0 Å². The highest BCUT2D eigenvalue weighted by Crippen LogP contribution is 2.31. The van der Waals surface area contributed by atoms with Crippen molar-refractivity contribution >= 4 is 43.4 Å². The number of carbonyl (C=O) groups is 1. The second-order valence-corrected chi connectivity index (χ2v) is 12.1. The van der Waals surface area contributed by atoms with E-state index in [2.05, 4.69) is 46.0 Å². The molecule has 7 nitrogen and oxygen atoms in total. The fourth-order valence-electron chi connectivity index (χ4n) is 5.56. The average Bonchev–Trinajstić information content (AvgIpc) is 3.31. The standard InChI is InChI=1S/C32H32N4O3S/c1-2-36-30-11-7-6-10-28(30)29-22-26(16-17-31(29)36)33-32(37)25-14-12-24(13-15-25)23-34-18-20-35(21-19-34)40(38,39)27-8-4-3-5-9-27/h3-17,22H,2,18-21,23H2,1H3,(H,33,37). The van der Waals surface area contributed by atoms with E-state index in [0.29, 0.717) is 43.2 Å². The molecule has 1 aliphatic rings. The number of para-hydroxylation sites is 1. The van der Waals surface area contributed by atoms with Crippen LogP contribution in [0.25, 0.3) is 21.8 Å². The third-order valence-electron chi connectivity index (χ3n) is 7.68.